The molecule has 2 fully saturated rings. The van der Waals surface area contributed by atoms with Gasteiger partial charge in [-0.15, -0.1) is 12.4 Å². The maximum atomic E-state index is 5.97. The molecule has 0 aromatic heterocycles. The zero-order chi connectivity index (χ0) is 23.5. The van der Waals surface area contributed by atoms with E-state index in [2.05, 4.69) is 47.5 Å². The molecule has 0 radical (unpaired) electrons. The Balaban J connectivity index is 0.000000161. The minimum atomic E-state index is 0. The molecular weight excluding hydrogens is 464 g/mol. The summed E-state index contributed by atoms with van der Waals surface area (Å²) in [6.07, 6.45) is 4.75. The predicted octanol–water partition coefficient (Wildman–Crippen LogP) is 3.46. The van der Waals surface area contributed by atoms with Crippen molar-refractivity contribution in [2.75, 3.05) is 47.1 Å². The van der Waals surface area contributed by atoms with E-state index in [9.17, 15) is 0 Å². The summed E-state index contributed by atoms with van der Waals surface area (Å²) in [5.74, 6) is 2.02. The summed E-state index contributed by atoms with van der Waals surface area (Å²) in [5.41, 5.74) is 5.51. The zero-order valence-corrected chi connectivity index (χ0v) is 21.9. The number of nitrogens with one attached hydrogen (secondary N) is 1. The summed E-state index contributed by atoms with van der Waals surface area (Å²) in [6, 6.07) is 13.7. The van der Waals surface area contributed by atoms with Crippen LogP contribution < -0.4 is 14.8 Å². The molecule has 0 bridgehead atoms. The van der Waals surface area contributed by atoms with Gasteiger partial charge in [-0.2, -0.15) is 0 Å². The lowest BCUT2D eigenvalue weighted by Gasteiger charge is -2.44. The highest BCUT2D eigenvalue weighted by Gasteiger charge is 2.36. The van der Waals surface area contributed by atoms with Gasteiger partial charge in [-0.1, -0.05) is 31.2 Å². The Morgan fingerprint density at radius 1 is 0.857 bits per heavy atom. The normalized spacial score (nSPS) is 26.9. The first kappa shape index (κ1) is 26.2. The highest BCUT2D eigenvalue weighted by Crippen LogP contribution is 2.34. The number of fused-ring (bicyclic) bond motifs is 4. The van der Waals surface area contributed by atoms with Crippen LogP contribution >= 0.6 is 12.4 Å². The van der Waals surface area contributed by atoms with Crippen LogP contribution in [0.4, 0.5) is 0 Å². The first-order valence-corrected chi connectivity index (χ1v) is 12.7. The van der Waals surface area contributed by atoms with Gasteiger partial charge in [0.1, 0.15) is 11.5 Å². The molecule has 6 nitrogen and oxygen atoms in total. The van der Waals surface area contributed by atoms with Crippen LogP contribution in [0.2, 0.25) is 0 Å². The maximum Gasteiger partial charge on any atom is 0.122 e. The number of nitrogens with zero attached hydrogens (tertiary/aromatic N) is 1. The number of rotatable bonds is 3. The third kappa shape index (κ3) is 5.47. The van der Waals surface area contributed by atoms with Gasteiger partial charge in [0.2, 0.25) is 0 Å². The van der Waals surface area contributed by atoms with Gasteiger partial charge in [0, 0.05) is 38.0 Å². The number of halogens is 1. The average molecular weight is 503 g/mol. The van der Waals surface area contributed by atoms with Gasteiger partial charge >= 0.3 is 0 Å². The summed E-state index contributed by atoms with van der Waals surface area (Å²) in [7, 11) is 3.49. The number of benzene rings is 2. The van der Waals surface area contributed by atoms with E-state index in [-0.39, 0.29) is 12.4 Å². The minimum Gasteiger partial charge on any atom is -0.496 e. The van der Waals surface area contributed by atoms with Crippen LogP contribution in [0.5, 0.6) is 11.5 Å². The number of likely N-dealkylation sites (N-methyl/N-ethyl adjacent to an activating group) is 1. The molecule has 2 aliphatic heterocycles. The van der Waals surface area contributed by atoms with Crippen molar-refractivity contribution < 1.29 is 18.9 Å². The third-order valence-electron chi connectivity index (χ3n) is 7.88. The van der Waals surface area contributed by atoms with Gasteiger partial charge in [0.05, 0.1) is 39.6 Å². The predicted molar refractivity (Wildman–Crippen MR) is 140 cm³/mol. The SMILES string of the molecule is CCN1CCO[C@H]2Cc3c(cccc3OC)C[C@@H]21.COc1cccc2c1C[C@@H]1OCCN[C@H]1C2.Cl. The lowest BCUT2D eigenvalue weighted by Crippen LogP contribution is -2.54. The van der Waals surface area contributed by atoms with Gasteiger partial charge in [-0.25, -0.2) is 0 Å². The summed E-state index contributed by atoms with van der Waals surface area (Å²) >= 11 is 0. The summed E-state index contributed by atoms with van der Waals surface area (Å²) in [5, 5.41) is 3.53. The second-order valence-corrected chi connectivity index (χ2v) is 9.59. The molecule has 0 spiro atoms. The molecule has 2 heterocycles. The van der Waals surface area contributed by atoms with Crippen LogP contribution in [0.15, 0.2) is 36.4 Å². The fraction of sp³-hybridized carbons (Fsp3) is 0.571. The van der Waals surface area contributed by atoms with Crippen LogP contribution in [0.1, 0.15) is 29.2 Å². The number of morpholine rings is 2. The van der Waals surface area contributed by atoms with Crippen LogP contribution in [-0.4, -0.2) is 76.3 Å². The van der Waals surface area contributed by atoms with E-state index in [1.54, 1.807) is 14.2 Å². The largest absolute Gasteiger partial charge is 0.496 e. The zero-order valence-electron chi connectivity index (χ0n) is 21.1. The van der Waals surface area contributed by atoms with E-state index in [4.69, 9.17) is 18.9 Å². The quantitative estimate of drug-likeness (QED) is 0.693. The molecule has 2 saturated heterocycles. The Morgan fingerprint density at radius 3 is 2.14 bits per heavy atom. The molecule has 2 aliphatic carbocycles. The van der Waals surface area contributed by atoms with Crippen LogP contribution in [0, 0.1) is 0 Å². The van der Waals surface area contributed by atoms with Crippen molar-refractivity contribution in [2.24, 2.45) is 0 Å². The number of hydrogen-bond acceptors (Lipinski definition) is 6. The van der Waals surface area contributed by atoms with Gasteiger partial charge in [0.25, 0.3) is 0 Å². The standard InChI is InChI=1S/C15H21NO2.C13H17NO2.ClH/c1-3-16-7-8-18-15-10-12-11(9-13(15)16)5-4-6-14(12)17-2;1-15-12-4-2-3-9-7-11-13(8-10(9)12)16-6-5-14-11;/h4-6,13,15H,3,7-10H2,1-2H3;2-4,11,13-14H,5-8H2,1H3;1H/t13-,15-;11-,13-;/m00./s1. The van der Waals surface area contributed by atoms with Crippen LogP contribution in [0.25, 0.3) is 0 Å². The lowest BCUT2D eigenvalue weighted by molar-refractivity contribution is -0.0724. The van der Waals surface area contributed by atoms with Crippen molar-refractivity contribution in [3.8, 4) is 11.5 Å². The molecular formula is C28H39ClN2O4. The van der Waals surface area contributed by atoms with Crippen LogP contribution in [-0.2, 0) is 35.2 Å². The summed E-state index contributed by atoms with van der Waals surface area (Å²) < 4.78 is 22.7. The summed E-state index contributed by atoms with van der Waals surface area (Å²) in [4.78, 5) is 2.55. The Labute approximate surface area is 215 Å². The number of methoxy groups -OCH3 is 2. The highest BCUT2D eigenvalue weighted by molar-refractivity contribution is 5.85. The van der Waals surface area contributed by atoms with Crippen molar-refractivity contribution >= 4 is 12.4 Å². The van der Waals surface area contributed by atoms with Gasteiger partial charge < -0.3 is 24.3 Å². The second kappa shape index (κ2) is 11.9. The highest BCUT2D eigenvalue weighted by atomic mass is 35.5. The first-order chi connectivity index (χ1) is 16.7. The lowest BCUT2D eigenvalue weighted by atomic mass is 9.84. The van der Waals surface area contributed by atoms with Crippen molar-refractivity contribution in [1.82, 2.24) is 10.2 Å². The van der Waals surface area contributed by atoms with Crippen molar-refractivity contribution in [3.05, 3.63) is 58.7 Å². The smallest absolute Gasteiger partial charge is 0.122 e. The molecule has 1 N–H and O–H groups in total. The Hall–Kier alpha value is -1.83. The van der Waals surface area contributed by atoms with Crippen molar-refractivity contribution in [3.63, 3.8) is 0 Å². The van der Waals surface area contributed by atoms with E-state index in [0.717, 1.165) is 70.0 Å². The molecule has 4 aliphatic rings. The van der Waals surface area contributed by atoms with E-state index < -0.39 is 0 Å². The first-order valence-electron chi connectivity index (χ1n) is 12.7. The molecule has 0 unspecified atom stereocenters. The van der Waals surface area contributed by atoms with Crippen molar-refractivity contribution in [2.45, 2.75) is 56.9 Å². The minimum absolute atomic E-state index is 0. The molecule has 7 heteroatoms. The summed E-state index contributed by atoms with van der Waals surface area (Å²) in [6.45, 7) is 7.08. The fourth-order valence-corrected chi connectivity index (χ4v) is 6.10. The Bertz CT molecular complexity index is 987. The molecule has 0 amide bonds. The molecule has 4 atom stereocenters. The Kier molecular flexibility index (Phi) is 8.95. The Morgan fingerprint density at radius 2 is 1.49 bits per heavy atom. The fourth-order valence-electron chi connectivity index (χ4n) is 6.10. The number of ether oxygens (including phenoxy) is 4. The van der Waals surface area contributed by atoms with Crippen molar-refractivity contribution in [1.29, 1.82) is 0 Å². The molecule has 192 valence electrons. The molecule has 2 aromatic carbocycles. The van der Waals surface area contributed by atoms with Gasteiger partial charge in [-0.05, 0) is 53.8 Å². The molecule has 6 rings (SSSR count). The van der Waals surface area contributed by atoms with Gasteiger partial charge in [-0.3, -0.25) is 4.90 Å². The van der Waals surface area contributed by atoms with E-state index >= 15 is 0 Å². The molecule has 2 aromatic rings. The molecule has 35 heavy (non-hydrogen) atoms. The maximum absolute atomic E-state index is 5.97. The third-order valence-corrected chi connectivity index (χ3v) is 7.88. The van der Waals surface area contributed by atoms with Crippen LogP contribution in [0.3, 0.4) is 0 Å². The molecule has 0 saturated carbocycles. The number of hydrogen-bond donors (Lipinski definition) is 1. The second-order valence-electron chi connectivity index (χ2n) is 9.59. The monoisotopic (exact) mass is 502 g/mol. The topological polar surface area (TPSA) is 52.2 Å². The van der Waals surface area contributed by atoms with Gasteiger partial charge in [0.15, 0.2) is 0 Å². The van der Waals surface area contributed by atoms with E-state index in [0.29, 0.717) is 24.3 Å². The average Bonchev–Trinajstić information content (AvgIpc) is 2.90. The van der Waals surface area contributed by atoms with E-state index in [1.807, 2.05) is 6.07 Å². The van der Waals surface area contributed by atoms with E-state index in [1.165, 1.54) is 22.3 Å².